The molecule has 0 saturated carbocycles. The Bertz CT molecular complexity index is 799. The maximum Gasteiger partial charge on any atom is 0.301 e. The van der Waals surface area contributed by atoms with Crippen LogP contribution in [-0.2, 0) is 17.6 Å². The lowest BCUT2D eigenvalue weighted by Gasteiger charge is -2.08. The van der Waals surface area contributed by atoms with Crippen LogP contribution in [0.25, 0.3) is 0 Å². The van der Waals surface area contributed by atoms with Crippen molar-refractivity contribution >= 4 is 37.2 Å². The molecule has 0 bridgehead atoms. The molecule has 0 spiro atoms. The number of carbonyl (C=O) groups is 2. The van der Waals surface area contributed by atoms with Gasteiger partial charge in [-0.3, -0.25) is 9.59 Å². The number of hydrogen-bond acceptors (Lipinski definition) is 3. The van der Waals surface area contributed by atoms with E-state index in [0.29, 0.717) is 36.8 Å². The van der Waals surface area contributed by atoms with Gasteiger partial charge in [0.05, 0.1) is 0 Å². The SMILES string of the molecule is CCCc1cc(F)c(BC(=O)OC(=O)Bc2c(F)cc(CCC)cc2F)c(F)c1. The Morgan fingerprint density at radius 3 is 1.31 bits per heavy atom. The van der Waals surface area contributed by atoms with Crippen molar-refractivity contribution in [3.63, 3.8) is 0 Å². The molecule has 0 aromatic heterocycles. The van der Waals surface area contributed by atoms with E-state index >= 15 is 0 Å². The van der Waals surface area contributed by atoms with Crippen LogP contribution in [0.1, 0.15) is 37.8 Å². The van der Waals surface area contributed by atoms with E-state index in [9.17, 15) is 27.2 Å². The molecule has 2 aromatic carbocycles. The van der Waals surface area contributed by atoms with Crippen molar-refractivity contribution in [3.8, 4) is 0 Å². The second kappa shape index (κ2) is 10.3. The number of hydrogen-bond donors (Lipinski definition) is 0. The zero-order valence-electron chi connectivity index (χ0n) is 16.3. The fourth-order valence-corrected chi connectivity index (χ4v) is 3.00. The first-order valence-electron chi connectivity index (χ1n) is 9.42. The van der Waals surface area contributed by atoms with Gasteiger partial charge in [0.1, 0.15) is 23.3 Å². The van der Waals surface area contributed by atoms with E-state index in [0.717, 1.165) is 24.3 Å². The molecule has 0 radical (unpaired) electrons. The van der Waals surface area contributed by atoms with Crippen LogP contribution < -0.4 is 10.9 Å². The first-order chi connectivity index (χ1) is 13.7. The summed E-state index contributed by atoms with van der Waals surface area (Å²) in [6, 6.07) is 4.50. The molecule has 0 amide bonds. The molecule has 0 unspecified atom stereocenters. The van der Waals surface area contributed by atoms with Crippen LogP contribution in [0.15, 0.2) is 24.3 Å². The maximum atomic E-state index is 14.1. The van der Waals surface area contributed by atoms with Crippen LogP contribution in [0, 0.1) is 23.3 Å². The summed E-state index contributed by atoms with van der Waals surface area (Å²) < 4.78 is 60.7. The molecule has 3 nitrogen and oxygen atoms in total. The topological polar surface area (TPSA) is 43.4 Å². The Kier molecular flexibility index (Phi) is 8.05. The molecule has 0 N–H and O–H groups in total. The highest BCUT2D eigenvalue weighted by molar-refractivity contribution is 6.87. The van der Waals surface area contributed by atoms with Gasteiger partial charge in [-0.1, -0.05) is 26.7 Å². The van der Waals surface area contributed by atoms with E-state index in [1.807, 2.05) is 13.8 Å². The number of benzene rings is 2. The van der Waals surface area contributed by atoms with E-state index in [1.165, 1.54) is 0 Å². The highest BCUT2D eigenvalue weighted by Crippen LogP contribution is 2.10. The van der Waals surface area contributed by atoms with Gasteiger partial charge < -0.3 is 4.74 Å². The third-order valence-electron chi connectivity index (χ3n) is 4.35. The summed E-state index contributed by atoms with van der Waals surface area (Å²) in [7, 11) is -1.62. The van der Waals surface area contributed by atoms with E-state index in [4.69, 9.17) is 0 Å². The van der Waals surface area contributed by atoms with Crippen molar-refractivity contribution < 1.29 is 31.9 Å². The van der Waals surface area contributed by atoms with Gasteiger partial charge in [-0.25, -0.2) is 17.6 Å². The Hall–Kier alpha value is -2.57. The van der Waals surface area contributed by atoms with Gasteiger partial charge in [0.2, 0.25) is 0 Å². The smallest absolute Gasteiger partial charge is 0.301 e. The van der Waals surface area contributed by atoms with E-state index in [-0.39, 0.29) is 0 Å². The van der Waals surface area contributed by atoms with Gasteiger partial charge >= 0.3 is 14.6 Å². The minimum absolute atomic E-state index is 0.452. The van der Waals surface area contributed by atoms with Gasteiger partial charge in [0.15, 0.2) is 0 Å². The molecule has 0 saturated heterocycles. The first kappa shape index (κ1) is 22.7. The zero-order valence-corrected chi connectivity index (χ0v) is 16.3. The minimum Gasteiger partial charge on any atom is -0.410 e. The third kappa shape index (κ3) is 6.21. The average Bonchev–Trinajstić information content (AvgIpc) is 2.62. The lowest BCUT2D eigenvalue weighted by atomic mass is 9.67. The van der Waals surface area contributed by atoms with Crippen LogP contribution in [0.3, 0.4) is 0 Å². The van der Waals surface area contributed by atoms with Gasteiger partial charge in [-0.2, -0.15) is 0 Å². The van der Waals surface area contributed by atoms with Crippen LogP contribution >= 0.6 is 0 Å². The van der Waals surface area contributed by atoms with Crippen molar-refractivity contribution in [1.29, 1.82) is 0 Å². The van der Waals surface area contributed by atoms with Crippen molar-refractivity contribution in [1.82, 2.24) is 0 Å². The van der Waals surface area contributed by atoms with Crippen molar-refractivity contribution in [3.05, 3.63) is 58.7 Å². The molecule has 9 heteroatoms. The van der Waals surface area contributed by atoms with E-state index < -0.39 is 60.5 Å². The molecule has 0 atom stereocenters. The molecule has 0 aliphatic carbocycles. The number of halogens is 4. The summed E-state index contributed by atoms with van der Waals surface area (Å²) >= 11 is 0. The highest BCUT2D eigenvalue weighted by atomic mass is 19.1. The largest absolute Gasteiger partial charge is 0.410 e. The molecule has 0 fully saturated rings. The molecule has 2 rings (SSSR count). The quantitative estimate of drug-likeness (QED) is 0.384. The monoisotopic (exact) mass is 406 g/mol. The summed E-state index contributed by atoms with van der Waals surface area (Å²) in [4.78, 5) is 23.7. The summed E-state index contributed by atoms with van der Waals surface area (Å²) in [6.07, 6.45) is 2.35. The van der Waals surface area contributed by atoms with Crippen LogP contribution in [0.4, 0.5) is 27.2 Å². The predicted octanol–water partition coefficient (Wildman–Crippen LogP) is 3.23. The molecular formula is C20H20B2F4O3. The van der Waals surface area contributed by atoms with Crippen LogP contribution in [-0.4, -0.2) is 26.3 Å². The molecule has 0 aliphatic rings. The second-order valence-electron chi connectivity index (χ2n) is 6.78. The lowest BCUT2D eigenvalue weighted by Crippen LogP contribution is -2.36. The molecule has 0 heterocycles. The maximum absolute atomic E-state index is 14.1. The van der Waals surface area contributed by atoms with E-state index in [2.05, 4.69) is 4.74 Å². The number of aryl methyl sites for hydroxylation is 2. The summed E-state index contributed by atoms with van der Waals surface area (Å²) in [6.45, 7) is 3.71. The van der Waals surface area contributed by atoms with Gasteiger partial charge in [-0.05, 0) is 48.2 Å². The molecule has 0 aliphatic heterocycles. The van der Waals surface area contributed by atoms with Gasteiger partial charge in [-0.15, -0.1) is 0 Å². The molecule has 29 heavy (non-hydrogen) atoms. The van der Waals surface area contributed by atoms with Crippen molar-refractivity contribution in [2.75, 3.05) is 0 Å². The highest BCUT2D eigenvalue weighted by Gasteiger charge is 2.23. The lowest BCUT2D eigenvalue weighted by molar-refractivity contribution is 0.184. The zero-order chi connectivity index (χ0) is 21.6. The Balaban J connectivity index is 2.04. The second-order valence-corrected chi connectivity index (χ2v) is 6.78. The number of carbonyl (C=O) groups excluding carboxylic acids is 2. The van der Waals surface area contributed by atoms with Crippen LogP contribution in [0.5, 0.6) is 0 Å². The normalized spacial score (nSPS) is 10.6. The summed E-state index contributed by atoms with van der Waals surface area (Å²) in [5.41, 5.74) is -0.144. The van der Waals surface area contributed by atoms with E-state index in [1.54, 1.807) is 0 Å². The number of ether oxygens (including phenoxy) is 1. The van der Waals surface area contributed by atoms with Crippen molar-refractivity contribution in [2.24, 2.45) is 0 Å². The first-order valence-corrected chi connectivity index (χ1v) is 9.42. The minimum atomic E-state index is -1.21. The van der Waals surface area contributed by atoms with Crippen LogP contribution in [0.2, 0.25) is 0 Å². The average molecular weight is 406 g/mol. The summed E-state index contributed by atoms with van der Waals surface area (Å²) in [5, 5.41) is 0. The Morgan fingerprint density at radius 1 is 0.724 bits per heavy atom. The Morgan fingerprint density at radius 2 is 1.03 bits per heavy atom. The number of rotatable bonds is 8. The van der Waals surface area contributed by atoms with Crippen molar-refractivity contribution in [2.45, 2.75) is 39.5 Å². The van der Waals surface area contributed by atoms with Gasteiger partial charge in [0, 0.05) is 10.9 Å². The summed E-state index contributed by atoms with van der Waals surface area (Å²) in [5.74, 6) is -6.08. The molecule has 2 aromatic rings. The molecular weight excluding hydrogens is 386 g/mol. The molecule has 152 valence electrons. The Labute approximate surface area is 167 Å². The third-order valence-corrected chi connectivity index (χ3v) is 4.35. The van der Waals surface area contributed by atoms with Gasteiger partial charge in [0.25, 0.3) is 11.7 Å². The standard InChI is InChI=1S/C20H20B2F4O3/c1-3-5-11-7-13(23)17(14(24)8-11)21-19(27)29-20(28)22-18-15(25)9-12(6-4-2)10-16(18)26/h7-10,21-22H,3-6H2,1-2H3. The predicted molar refractivity (Wildman–Crippen MR) is 106 cm³/mol. The fourth-order valence-electron chi connectivity index (χ4n) is 3.00. The fraction of sp³-hybridized carbons (Fsp3) is 0.300.